The molecule has 1 amide bonds. The highest BCUT2D eigenvalue weighted by molar-refractivity contribution is 9.10. The van der Waals surface area contributed by atoms with E-state index in [1.54, 1.807) is 19.1 Å². The minimum absolute atomic E-state index is 0.0620. The van der Waals surface area contributed by atoms with Gasteiger partial charge in [0, 0.05) is 29.3 Å². The molecule has 1 fully saturated rings. The standard InChI is InChI=1S/C15H20BrNO4/c1-10(18)13-3-2-11(16)8-14(13)21-9-15(19)17-12-4-6-20-7-5-12/h2-3,8,10,12,18H,4-7,9H2,1H3,(H,17,19)/t10-/m0/s1. The quantitative estimate of drug-likeness (QED) is 0.847. The molecule has 2 rings (SSSR count). The van der Waals surface area contributed by atoms with Gasteiger partial charge in [0.25, 0.3) is 5.91 Å². The maximum absolute atomic E-state index is 11.9. The summed E-state index contributed by atoms with van der Waals surface area (Å²) in [6, 6.07) is 5.52. The van der Waals surface area contributed by atoms with E-state index in [-0.39, 0.29) is 18.6 Å². The van der Waals surface area contributed by atoms with E-state index in [2.05, 4.69) is 21.2 Å². The summed E-state index contributed by atoms with van der Waals surface area (Å²) >= 11 is 3.36. The van der Waals surface area contributed by atoms with Crippen LogP contribution in [0.25, 0.3) is 0 Å². The summed E-state index contributed by atoms with van der Waals surface area (Å²) in [4.78, 5) is 11.9. The molecule has 0 unspecified atom stereocenters. The number of aliphatic hydroxyl groups excluding tert-OH is 1. The molecule has 1 saturated heterocycles. The van der Waals surface area contributed by atoms with Crippen LogP contribution < -0.4 is 10.1 Å². The first kappa shape index (κ1) is 16.3. The monoisotopic (exact) mass is 357 g/mol. The summed E-state index contributed by atoms with van der Waals surface area (Å²) in [6.45, 7) is 2.97. The van der Waals surface area contributed by atoms with Gasteiger partial charge in [-0.05, 0) is 31.9 Å². The van der Waals surface area contributed by atoms with E-state index in [0.29, 0.717) is 24.5 Å². The molecule has 0 radical (unpaired) electrons. The second-order valence-electron chi connectivity index (χ2n) is 5.10. The number of carbonyl (C=O) groups is 1. The Morgan fingerprint density at radius 3 is 2.90 bits per heavy atom. The van der Waals surface area contributed by atoms with Crippen molar-refractivity contribution in [3.05, 3.63) is 28.2 Å². The van der Waals surface area contributed by atoms with Crippen molar-refractivity contribution in [3.63, 3.8) is 0 Å². The third-order valence-corrected chi connectivity index (χ3v) is 3.86. The summed E-state index contributed by atoms with van der Waals surface area (Å²) in [5, 5.41) is 12.6. The number of carbonyl (C=O) groups excluding carboxylic acids is 1. The van der Waals surface area contributed by atoms with Crippen molar-refractivity contribution in [3.8, 4) is 5.75 Å². The molecule has 1 aliphatic rings. The third kappa shape index (κ3) is 4.98. The van der Waals surface area contributed by atoms with Gasteiger partial charge in [-0.3, -0.25) is 4.79 Å². The molecule has 0 bridgehead atoms. The van der Waals surface area contributed by atoms with Crippen LogP contribution >= 0.6 is 15.9 Å². The zero-order chi connectivity index (χ0) is 15.2. The van der Waals surface area contributed by atoms with Crippen LogP contribution in [0, 0.1) is 0 Å². The zero-order valence-corrected chi connectivity index (χ0v) is 13.6. The van der Waals surface area contributed by atoms with Crippen molar-refractivity contribution in [2.75, 3.05) is 19.8 Å². The van der Waals surface area contributed by atoms with Crippen LogP contribution in [0.1, 0.15) is 31.4 Å². The molecule has 21 heavy (non-hydrogen) atoms. The van der Waals surface area contributed by atoms with Gasteiger partial charge in [-0.1, -0.05) is 22.0 Å². The van der Waals surface area contributed by atoms with Crippen LogP contribution in [-0.4, -0.2) is 36.9 Å². The average molecular weight is 358 g/mol. The van der Waals surface area contributed by atoms with E-state index in [4.69, 9.17) is 9.47 Å². The Labute approximate surface area is 132 Å². The highest BCUT2D eigenvalue weighted by Gasteiger charge is 2.17. The highest BCUT2D eigenvalue weighted by Crippen LogP contribution is 2.28. The average Bonchev–Trinajstić information content (AvgIpc) is 2.46. The van der Waals surface area contributed by atoms with Crippen LogP contribution in [0.4, 0.5) is 0 Å². The number of amides is 1. The Morgan fingerprint density at radius 1 is 1.52 bits per heavy atom. The van der Waals surface area contributed by atoms with Crippen LogP contribution in [-0.2, 0) is 9.53 Å². The number of hydrogen-bond acceptors (Lipinski definition) is 4. The van der Waals surface area contributed by atoms with Crippen LogP contribution in [0.15, 0.2) is 22.7 Å². The van der Waals surface area contributed by atoms with E-state index in [1.807, 2.05) is 6.07 Å². The largest absolute Gasteiger partial charge is 0.483 e. The predicted octanol–water partition coefficient (Wildman–Crippen LogP) is 2.18. The second-order valence-corrected chi connectivity index (χ2v) is 6.02. The smallest absolute Gasteiger partial charge is 0.258 e. The van der Waals surface area contributed by atoms with E-state index in [9.17, 15) is 9.90 Å². The van der Waals surface area contributed by atoms with E-state index in [1.165, 1.54) is 0 Å². The normalized spacial score (nSPS) is 17.3. The molecular weight excluding hydrogens is 338 g/mol. The first-order valence-electron chi connectivity index (χ1n) is 7.03. The molecule has 0 aromatic heterocycles. The van der Waals surface area contributed by atoms with Crippen molar-refractivity contribution in [2.24, 2.45) is 0 Å². The van der Waals surface area contributed by atoms with Crippen molar-refractivity contribution in [1.29, 1.82) is 0 Å². The minimum Gasteiger partial charge on any atom is -0.483 e. The number of nitrogens with one attached hydrogen (secondary N) is 1. The van der Waals surface area contributed by atoms with Crippen molar-refractivity contribution in [2.45, 2.75) is 31.9 Å². The van der Waals surface area contributed by atoms with Crippen LogP contribution in [0.3, 0.4) is 0 Å². The Morgan fingerprint density at radius 2 is 2.24 bits per heavy atom. The fraction of sp³-hybridized carbons (Fsp3) is 0.533. The van der Waals surface area contributed by atoms with Gasteiger partial charge in [0.05, 0.1) is 6.10 Å². The van der Waals surface area contributed by atoms with Crippen LogP contribution in [0.2, 0.25) is 0 Å². The molecule has 2 N–H and O–H groups in total. The molecule has 6 heteroatoms. The van der Waals surface area contributed by atoms with Crippen LogP contribution in [0.5, 0.6) is 5.75 Å². The van der Waals surface area contributed by atoms with Gasteiger partial charge >= 0.3 is 0 Å². The van der Waals surface area contributed by atoms with E-state index in [0.717, 1.165) is 17.3 Å². The molecule has 1 aliphatic heterocycles. The predicted molar refractivity (Wildman–Crippen MR) is 82.3 cm³/mol. The van der Waals surface area contributed by atoms with E-state index < -0.39 is 6.10 Å². The lowest BCUT2D eigenvalue weighted by Gasteiger charge is -2.23. The summed E-state index contributed by atoms with van der Waals surface area (Å²) in [7, 11) is 0. The molecule has 1 atom stereocenters. The summed E-state index contributed by atoms with van der Waals surface area (Å²) in [5.74, 6) is 0.361. The van der Waals surface area contributed by atoms with Gasteiger partial charge in [-0.2, -0.15) is 0 Å². The Kier molecular flexibility index (Phi) is 6.02. The van der Waals surface area contributed by atoms with Gasteiger partial charge in [-0.15, -0.1) is 0 Å². The first-order valence-corrected chi connectivity index (χ1v) is 7.83. The van der Waals surface area contributed by atoms with Crippen molar-refractivity contribution in [1.82, 2.24) is 5.32 Å². The molecule has 0 saturated carbocycles. The van der Waals surface area contributed by atoms with Gasteiger partial charge in [0.1, 0.15) is 5.75 Å². The fourth-order valence-electron chi connectivity index (χ4n) is 2.23. The van der Waals surface area contributed by atoms with Gasteiger partial charge in [0.2, 0.25) is 0 Å². The van der Waals surface area contributed by atoms with Crippen molar-refractivity contribution >= 4 is 21.8 Å². The topological polar surface area (TPSA) is 67.8 Å². The Balaban J connectivity index is 1.89. The number of hydrogen-bond donors (Lipinski definition) is 2. The van der Waals surface area contributed by atoms with E-state index >= 15 is 0 Å². The van der Waals surface area contributed by atoms with Gasteiger partial charge in [-0.25, -0.2) is 0 Å². The maximum atomic E-state index is 11.9. The first-order chi connectivity index (χ1) is 10.1. The van der Waals surface area contributed by atoms with Crippen molar-refractivity contribution < 1.29 is 19.4 Å². The summed E-state index contributed by atoms with van der Waals surface area (Å²) < 4.78 is 11.6. The number of aliphatic hydroxyl groups is 1. The van der Waals surface area contributed by atoms with Gasteiger partial charge in [0.15, 0.2) is 6.61 Å². The molecular formula is C15H20BrNO4. The number of halogens is 1. The lowest BCUT2D eigenvalue weighted by Crippen LogP contribution is -2.41. The molecule has 1 aromatic carbocycles. The number of ether oxygens (including phenoxy) is 2. The molecule has 0 aliphatic carbocycles. The SMILES string of the molecule is C[C@H](O)c1ccc(Br)cc1OCC(=O)NC1CCOCC1. The molecule has 0 spiro atoms. The number of benzene rings is 1. The summed E-state index contributed by atoms with van der Waals surface area (Å²) in [5.41, 5.74) is 0.664. The second kappa shape index (κ2) is 7.77. The zero-order valence-electron chi connectivity index (χ0n) is 12.0. The minimum atomic E-state index is -0.647. The molecule has 1 aromatic rings. The molecule has 1 heterocycles. The lowest BCUT2D eigenvalue weighted by atomic mass is 10.1. The fourth-order valence-corrected chi connectivity index (χ4v) is 2.57. The Bertz CT molecular complexity index is 487. The number of rotatable bonds is 5. The lowest BCUT2D eigenvalue weighted by molar-refractivity contribution is -0.124. The Hall–Kier alpha value is -1.11. The highest BCUT2D eigenvalue weighted by atomic mass is 79.9. The van der Waals surface area contributed by atoms with Gasteiger partial charge < -0.3 is 19.9 Å². The maximum Gasteiger partial charge on any atom is 0.258 e. The molecule has 116 valence electrons. The summed E-state index contributed by atoms with van der Waals surface area (Å²) in [6.07, 6.45) is 1.02. The molecule has 5 nitrogen and oxygen atoms in total. The third-order valence-electron chi connectivity index (χ3n) is 3.37.